The van der Waals surface area contributed by atoms with Crippen molar-refractivity contribution in [2.75, 3.05) is 26.4 Å². The summed E-state index contributed by atoms with van der Waals surface area (Å²) in [4.78, 5) is 0. The fourth-order valence-corrected chi connectivity index (χ4v) is 1.34. The largest absolute Gasteiger partial charge is 0.381 e. The molecule has 2 rings (SSSR count). The van der Waals surface area contributed by atoms with Gasteiger partial charge in [-0.2, -0.15) is 0 Å². The smallest absolute Gasteiger partial charge is 0.0516 e. The summed E-state index contributed by atoms with van der Waals surface area (Å²) in [5, 5.41) is 0. The van der Waals surface area contributed by atoms with Gasteiger partial charge < -0.3 is 9.47 Å². The molecule has 2 saturated heterocycles. The molecule has 2 aliphatic heterocycles. The Kier molecular flexibility index (Phi) is 5.40. The first-order chi connectivity index (χ1) is 6.33. The standard InChI is InChI=1S/C6H12O.C5H10O/c1-6-2-4-7-5-3-6;1-2-5-3-6-4-5/h6H,2-5H2,1H3;5H,2-4H2,1H3. The van der Waals surface area contributed by atoms with Gasteiger partial charge in [-0.25, -0.2) is 0 Å². The van der Waals surface area contributed by atoms with Gasteiger partial charge in [0.15, 0.2) is 0 Å². The van der Waals surface area contributed by atoms with Crippen LogP contribution in [0, 0.1) is 11.8 Å². The van der Waals surface area contributed by atoms with Crippen LogP contribution in [0.3, 0.4) is 0 Å². The Morgan fingerprint density at radius 1 is 1.08 bits per heavy atom. The van der Waals surface area contributed by atoms with E-state index in [1.165, 1.54) is 19.3 Å². The maximum absolute atomic E-state index is 5.14. The van der Waals surface area contributed by atoms with Crippen molar-refractivity contribution in [1.82, 2.24) is 0 Å². The monoisotopic (exact) mass is 186 g/mol. The Labute approximate surface area is 81.6 Å². The van der Waals surface area contributed by atoms with Gasteiger partial charge >= 0.3 is 0 Å². The van der Waals surface area contributed by atoms with E-state index in [-0.39, 0.29) is 0 Å². The molecular formula is C11H22O2. The molecule has 0 aromatic rings. The molecular weight excluding hydrogens is 164 g/mol. The van der Waals surface area contributed by atoms with Gasteiger partial charge in [0, 0.05) is 19.1 Å². The molecule has 2 heteroatoms. The number of hydrogen-bond acceptors (Lipinski definition) is 2. The lowest BCUT2D eigenvalue weighted by molar-refractivity contribution is -0.0331. The summed E-state index contributed by atoms with van der Waals surface area (Å²) < 4.78 is 10.1. The summed E-state index contributed by atoms with van der Waals surface area (Å²) in [5.74, 6) is 1.80. The first-order valence-corrected chi connectivity index (χ1v) is 5.48. The first-order valence-electron chi connectivity index (χ1n) is 5.48. The van der Waals surface area contributed by atoms with Gasteiger partial charge in [-0.05, 0) is 25.2 Å². The second-order valence-corrected chi connectivity index (χ2v) is 4.11. The molecule has 78 valence electrons. The van der Waals surface area contributed by atoms with Gasteiger partial charge in [-0.1, -0.05) is 13.8 Å². The van der Waals surface area contributed by atoms with Crippen molar-refractivity contribution in [3.63, 3.8) is 0 Å². The minimum Gasteiger partial charge on any atom is -0.381 e. The Hall–Kier alpha value is -0.0800. The zero-order valence-electron chi connectivity index (χ0n) is 8.92. The van der Waals surface area contributed by atoms with Crippen molar-refractivity contribution < 1.29 is 9.47 Å². The summed E-state index contributed by atoms with van der Waals surface area (Å²) in [7, 11) is 0. The first kappa shape index (κ1) is 11.0. The normalized spacial score (nSPS) is 24.5. The molecule has 0 atom stereocenters. The Morgan fingerprint density at radius 2 is 1.69 bits per heavy atom. The fourth-order valence-electron chi connectivity index (χ4n) is 1.34. The van der Waals surface area contributed by atoms with Crippen molar-refractivity contribution in [3.05, 3.63) is 0 Å². The lowest BCUT2D eigenvalue weighted by atomic mass is 10.0. The lowest BCUT2D eigenvalue weighted by Gasteiger charge is -2.23. The van der Waals surface area contributed by atoms with Crippen LogP contribution in [0.1, 0.15) is 33.1 Å². The molecule has 0 aromatic carbocycles. The van der Waals surface area contributed by atoms with Gasteiger partial charge in [0.1, 0.15) is 0 Å². The van der Waals surface area contributed by atoms with E-state index in [4.69, 9.17) is 9.47 Å². The minimum absolute atomic E-state index is 0.894. The molecule has 0 radical (unpaired) electrons. The summed E-state index contributed by atoms with van der Waals surface area (Å²) in [6.07, 6.45) is 3.82. The Bertz CT molecular complexity index is 113. The zero-order valence-corrected chi connectivity index (χ0v) is 8.92. The van der Waals surface area contributed by atoms with Crippen LogP contribution in [0.4, 0.5) is 0 Å². The molecule has 2 nitrogen and oxygen atoms in total. The van der Waals surface area contributed by atoms with Gasteiger partial charge in [0.25, 0.3) is 0 Å². The average molecular weight is 186 g/mol. The molecule has 2 heterocycles. The molecule has 0 saturated carbocycles. The van der Waals surface area contributed by atoms with Gasteiger partial charge in [0.05, 0.1) is 13.2 Å². The molecule has 0 amide bonds. The Balaban J connectivity index is 0.000000132. The predicted molar refractivity (Wildman–Crippen MR) is 53.8 cm³/mol. The average Bonchev–Trinajstić information content (AvgIpc) is 2.04. The van der Waals surface area contributed by atoms with Crippen molar-refractivity contribution in [2.45, 2.75) is 33.1 Å². The van der Waals surface area contributed by atoms with E-state index >= 15 is 0 Å². The molecule has 2 aliphatic rings. The highest BCUT2D eigenvalue weighted by Gasteiger charge is 2.14. The van der Waals surface area contributed by atoms with E-state index in [1.54, 1.807) is 0 Å². The van der Waals surface area contributed by atoms with Crippen LogP contribution in [0.15, 0.2) is 0 Å². The van der Waals surface area contributed by atoms with Crippen LogP contribution in [0.25, 0.3) is 0 Å². The quantitative estimate of drug-likeness (QED) is 0.626. The van der Waals surface area contributed by atoms with Gasteiger partial charge in [0.2, 0.25) is 0 Å². The molecule has 0 N–H and O–H groups in total. The molecule has 13 heavy (non-hydrogen) atoms. The third kappa shape index (κ3) is 4.63. The second-order valence-electron chi connectivity index (χ2n) is 4.11. The van der Waals surface area contributed by atoms with Crippen molar-refractivity contribution >= 4 is 0 Å². The lowest BCUT2D eigenvalue weighted by Crippen LogP contribution is -2.26. The molecule has 0 spiro atoms. The summed E-state index contributed by atoms with van der Waals surface area (Å²) in [6.45, 7) is 8.48. The highest BCUT2D eigenvalue weighted by molar-refractivity contribution is 4.61. The van der Waals surface area contributed by atoms with Crippen LogP contribution in [0.5, 0.6) is 0 Å². The van der Waals surface area contributed by atoms with E-state index < -0.39 is 0 Å². The van der Waals surface area contributed by atoms with Gasteiger partial charge in [-0.15, -0.1) is 0 Å². The topological polar surface area (TPSA) is 18.5 Å². The molecule has 0 bridgehead atoms. The van der Waals surface area contributed by atoms with E-state index in [0.717, 1.165) is 38.3 Å². The van der Waals surface area contributed by atoms with Crippen LogP contribution in [-0.4, -0.2) is 26.4 Å². The zero-order chi connectivity index (χ0) is 9.52. The molecule has 0 unspecified atom stereocenters. The maximum Gasteiger partial charge on any atom is 0.0516 e. The van der Waals surface area contributed by atoms with Crippen LogP contribution in [0.2, 0.25) is 0 Å². The molecule has 0 aromatic heterocycles. The summed E-state index contributed by atoms with van der Waals surface area (Å²) >= 11 is 0. The van der Waals surface area contributed by atoms with E-state index in [9.17, 15) is 0 Å². The van der Waals surface area contributed by atoms with Crippen molar-refractivity contribution in [2.24, 2.45) is 11.8 Å². The highest BCUT2D eigenvalue weighted by atomic mass is 16.5. The van der Waals surface area contributed by atoms with Crippen molar-refractivity contribution in [1.29, 1.82) is 0 Å². The number of ether oxygens (including phenoxy) is 2. The SMILES string of the molecule is CC1CCOCC1.CCC1COC1. The van der Waals surface area contributed by atoms with E-state index in [1.807, 2.05) is 0 Å². The van der Waals surface area contributed by atoms with Crippen molar-refractivity contribution in [3.8, 4) is 0 Å². The minimum atomic E-state index is 0.894. The number of rotatable bonds is 1. The third-order valence-electron chi connectivity index (χ3n) is 2.79. The summed E-state index contributed by atoms with van der Waals surface area (Å²) in [6, 6.07) is 0. The third-order valence-corrected chi connectivity index (χ3v) is 2.79. The van der Waals surface area contributed by atoms with Crippen LogP contribution < -0.4 is 0 Å². The van der Waals surface area contributed by atoms with E-state index in [2.05, 4.69) is 13.8 Å². The summed E-state index contributed by atoms with van der Waals surface area (Å²) in [5.41, 5.74) is 0. The molecule has 2 fully saturated rings. The second kappa shape index (κ2) is 6.39. The van der Waals surface area contributed by atoms with Gasteiger partial charge in [-0.3, -0.25) is 0 Å². The van der Waals surface area contributed by atoms with E-state index in [0.29, 0.717) is 0 Å². The number of hydrogen-bond donors (Lipinski definition) is 0. The maximum atomic E-state index is 5.14. The van der Waals surface area contributed by atoms with Crippen LogP contribution in [-0.2, 0) is 9.47 Å². The fraction of sp³-hybridized carbons (Fsp3) is 1.00. The van der Waals surface area contributed by atoms with Crippen LogP contribution >= 0.6 is 0 Å². The predicted octanol–water partition coefficient (Wildman–Crippen LogP) is 2.48. The highest BCUT2D eigenvalue weighted by Crippen LogP contribution is 2.12. The molecule has 0 aliphatic carbocycles. The Morgan fingerprint density at radius 3 is 1.85 bits per heavy atom.